The number of hydrogen-bond donors (Lipinski definition) is 2. The van der Waals surface area contributed by atoms with Crippen molar-refractivity contribution in [3.05, 3.63) is 0 Å². The summed E-state index contributed by atoms with van der Waals surface area (Å²) in [6.45, 7) is 7.95. The summed E-state index contributed by atoms with van der Waals surface area (Å²) < 4.78 is 5.06. The molecule has 0 saturated carbocycles. The van der Waals surface area contributed by atoms with Crippen LogP contribution in [0.1, 0.15) is 33.1 Å². The smallest absolute Gasteiger partial charge is 0.237 e. The van der Waals surface area contributed by atoms with E-state index in [-0.39, 0.29) is 36.3 Å². The molecule has 0 bridgehead atoms. The Bertz CT molecular complexity index is 269. The lowest BCUT2D eigenvalue weighted by Crippen LogP contribution is -2.51. The van der Waals surface area contributed by atoms with Gasteiger partial charge in [0.2, 0.25) is 5.91 Å². The number of ether oxygens (including phenoxy) is 1. The van der Waals surface area contributed by atoms with Crippen LogP contribution in [-0.2, 0) is 9.53 Å². The van der Waals surface area contributed by atoms with Crippen molar-refractivity contribution < 1.29 is 9.53 Å². The summed E-state index contributed by atoms with van der Waals surface area (Å²) in [7, 11) is 1.74. The minimum Gasteiger partial charge on any atom is -0.385 e. The predicted octanol–water partition coefficient (Wildman–Crippen LogP) is 1.01. The fourth-order valence-electron chi connectivity index (χ4n) is 2.33. The maximum Gasteiger partial charge on any atom is 0.237 e. The first-order valence-electron chi connectivity index (χ1n) is 7.31. The van der Waals surface area contributed by atoms with Gasteiger partial charge in [0.05, 0.1) is 6.04 Å². The van der Waals surface area contributed by atoms with Gasteiger partial charge in [0.1, 0.15) is 0 Å². The van der Waals surface area contributed by atoms with Crippen LogP contribution in [0, 0.1) is 5.92 Å². The van der Waals surface area contributed by atoms with E-state index >= 15 is 0 Å². The van der Waals surface area contributed by atoms with Crippen LogP contribution in [0.5, 0.6) is 0 Å². The van der Waals surface area contributed by atoms with E-state index in [1.165, 1.54) is 0 Å². The molecule has 1 saturated heterocycles. The molecule has 1 aliphatic heterocycles. The summed E-state index contributed by atoms with van der Waals surface area (Å²) in [4.78, 5) is 14.3. The van der Waals surface area contributed by atoms with Gasteiger partial charge in [-0.3, -0.25) is 4.79 Å². The van der Waals surface area contributed by atoms with E-state index in [9.17, 15) is 4.79 Å². The van der Waals surface area contributed by atoms with Crippen molar-refractivity contribution in [2.75, 3.05) is 33.4 Å². The Kier molecular flexibility index (Phi) is 10.2. The molecule has 120 valence electrons. The molecule has 20 heavy (non-hydrogen) atoms. The molecule has 1 fully saturated rings. The summed E-state index contributed by atoms with van der Waals surface area (Å²) in [5, 5.41) is 3.07. The zero-order valence-corrected chi connectivity index (χ0v) is 13.7. The van der Waals surface area contributed by atoms with E-state index in [2.05, 4.69) is 10.2 Å². The van der Waals surface area contributed by atoms with Crippen molar-refractivity contribution in [3.63, 3.8) is 0 Å². The van der Waals surface area contributed by atoms with Gasteiger partial charge in [0, 0.05) is 39.4 Å². The van der Waals surface area contributed by atoms with Gasteiger partial charge in [-0.2, -0.15) is 0 Å². The third-order valence-electron chi connectivity index (χ3n) is 3.78. The number of methoxy groups -OCH3 is 1. The van der Waals surface area contributed by atoms with Gasteiger partial charge in [-0.05, 0) is 25.2 Å². The van der Waals surface area contributed by atoms with Crippen LogP contribution in [0.3, 0.4) is 0 Å². The number of rotatable bonds is 7. The van der Waals surface area contributed by atoms with Crippen LogP contribution in [0.2, 0.25) is 0 Å². The maximum absolute atomic E-state index is 11.9. The highest BCUT2D eigenvalue weighted by atomic mass is 35.5. The second kappa shape index (κ2) is 10.4. The summed E-state index contributed by atoms with van der Waals surface area (Å²) in [5.74, 6) is 0.182. The van der Waals surface area contributed by atoms with Gasteiger partial charge in [-0.1, -0.05) is 13.8 Å². The number of nitrogens with two attached hydrogens (primary N) is 1. The first-order chi connectivity index (χ1) is 9.04. The average Bonchev–Trinajstić information content (AvgIpc) is 2.40. The number of hydrogen-bond acceptors (Lipinski definition) is 4. The summed E-state index contributed by atoms with van der Waals surface area (Å²) in [5.41, 5.74) is 5.85. The molecule has 1 rings (SSSR count). The Morgan fingerprint density at radius 3 is 2.50 bits per heavy atom. The number of carbonyl (C=O) groups is 1. The lowest BCUT2D eigenvalue weighted by atomic mass is 10.0. The highest BCUT2D eigenvalue weighted by Gasteiger charge is 2.23. The number of piperidine rings is 1. The Morgan fingerprint density at radius 1 is 1.40 bits per heavy atom. The number of nitrogens with zero attached hydrogens (tertiary/aromatic N) is 1. The fraction of sp³-hybridized carbons (Fsp3) is 0.929. The molecule has 6 heteroatoms. The Hall–Kier alpha value is -0.360. The van der Waals surface area contributed by atoms with Crippen LogP contribution in [0.15, 0.2) is 0 Å². The number of carbonyl (C=O) groups excluding carboxylic acids is 1. The van der Waals surface area contributed by atoms with Crippen LogP contribution < -0.4 is 11.1 Å². The quantitative estimate of drug-likeness (QED) is 0.689. The standard InChI is InChI=1S/C14H29N3O2.ClH/c1-11(2)13(15)14(18)16-12-5-8-17(9-6-12)7-4-10-19-3;/h11-13H,4-10,15H2,1-3H3,(H,16,18);1H/t13-;/m0./s1. The highest BCUT2D eigenvalue weighted by Crippen LogP contribution is 2.11. The zero-order valence-electron chi connectivity index (χ0n) is 12.9. The Labute approximate surface area is 129 Å². The van der Waals surface area contributed by atoms with Crippen molar-refractivity contribution in [2.45, 2.75) is 45.2 Å². The normalized spacial score (nSPS) is 18.6. The molecular formula is C14H30ClN3O2. The minimum absolute atomic E-state index is 0. The second-order valence-corrected chi connectivity index (χ2v) is 5.74. The lowest BCUT2D eigenvalue weighted by Gasteiger charge is -2.33. The highest BCUT2D eigenvalue weighted by molar-refractivity contribution is 5.85. The monoisotopic (exact) mass is 307 g/mol. The first-order valence-corrected chi connectivity index (χ1v) is 7.31. The molecule has 0 aromatic rings. The molecule has 0 aliphatic carbocycles. The fourth-order valence-corrected chi connectivity index (χ4v) is 2.33. The van der Waals surface area contributed by atoms with E-state index in [1.807, 2.05) is 13.8 Å². The van der Waals surface area contributed by atoms with E-state index in [4.69, 9.17) is 10.5 Å². The Balaban J connectivity index is 0.00000361. The maximum atomic E-state index is 11.9. The van der Waals surface area contributed by atoms with E-state index in [1.54, 1.807) is 7.11 Å². The van der Waals surface area contributed by atoms with Crippen molar-refractivity contribution in [1.29, 1.82) is 0 Å². The SMILES string of the molecule is COCCCN1CCC(NC(=O)[C@@H](N)C(C)C)CC1.Cl. The molecule has 0 unspecified atom stereocenters. The Morgan fingerprint density at radius 2 is 2.00 bits per heavy atom. The van der Waals surface area contributed by atoms with Gasteiger partial charge in [-0.15, -0.1) is 12.4 Å². The summed E-state index contributed by atoms with van der Waals surface area (Å²) in [6, 6.07) is -0.101. The molecule has 3 N–H and O–H groups in total. The van der Waals surface area contributed by atoms with Gasteiger partial charge >= 0.3 is 0 Å². The summed E-state index contributed by atoms with van der Waals surface area (Å²) >= 11 is 0. The number of halogens is 1. The van der Waals surface area contributed by atoms with Crippen LogP contribution in [0.25, 0.3) is 0 Å². The third kappa shape index (κ3) is 6.88. The first kappa shape index (κ1) is 19.6. The van der Waals surface area contributed by atoms with Crippen LogP contribution in [-0.4, -0.2) is 56.2 Å². The molecule has 0 aromatic carbocycles. The minimum atomic E-state index is -0.389. The van der Waals surface area contributed by atoms with Gasteiger partial charge in [-0.25, -0.2) is 0 Å². The molecule has 0 aromatic heterocycles. The van der Waals surface area contributed by atoms with Crippen LogP contribution in [0.4, 0.5) is 0 Å². The molecule has 1 aliphatic rings. The van der Waals surface area contributed by atoms with E-state index in [0.717, 1.165) is 45.5 Å². The average molecular weight is 308 g/mol. The van der Waals surface area contributed by atoms with Crippen molar-refractivity contribution in [3.8, 4) is 0 Å². The molecule has 1 amide bonds. The van der Waals surface area contributed by atoms with Crippen molar-refractivity contribution in [1.82, 2.24) is 10.2 Å². The van der Waals surface area contributed by atoms with Crippen molar-refractivity contribution in [2.24, 2.45) is 11.7 Å². The largest absolute Gasteiger partial charge is 0.385 e. The number of likely N-dealkylation sites (tertiary alicyclic amines) is 1. The van der Waals surface area contributed by atoms with Gasteiger partial charge in [0.15, 0.2) is 0 Å². The number of nitrogens with one attached hydrogen (secondary N) is 1. The number of amides is 1. The molecule has 1 heterocycles. The molecule has 0 radical (unpaired) electrons. The van der Waals surface area contributed by atoms with Gasteiger partial charge in [0.25, 0.3) is 0 Å². The van der Waals surface area contributed by atoms with Crippen molar-refractivity contribution >= 4 is 18.3 Å². The molecule has 5 nitrogen and oxygen atoms in total. The molecular weight excluding hydrogens is 278 g/mol. The second-order valence-electron chi connectivity index (χ2n) is 5.74. The van der Waals surface area contributed by atoms with E-state index < -0.39 is 0 Å². The zero-order chi connectivity index (χ0) is 14.3. The van der Waals surface area contributed by atoms with E-state index in [0.29, 0.717) is 0 Å². The summed E-state index contributed by atoms with van der Waals surface area (Å²) in [6.07, 6.45) is 3.11. The predicted molar refractivity (Wildman–Crippen MR) is 84.2 cm³/mol. The lowest BCUT2D eigenvalue weighted by molar-refractivity contribution is -0.124. The van der Waals surface area contributed by atoms with Crippen LogP contribution >= 0.6 is 12.4 Å². The van der Waals surface area contributed by atoms with Gasteiger partial charge < -0.3 is 20.7 Å². The molecule has 1 atom stereocenters. The third-order valence-corrected chi connectivity index (χ3v) is 3.78. The topological polar surface area (TPSA) is 67.6 Å². The molecule has 0 spiro atoms.